The molecule has 0 heterocycles. The predicted octanol–water partition coefficient (Wildman–Crippen LogP) is 1.42. The summed E-state index contributed by atoms with van der Waals surface area (Å²) in [6, 6.07) is 5.83. The van der Waals surface area contributed by atoms with Crippen LogP contribution in [-0.4, -0.2) is 27.8 Å². The molecule has 0 spiro atoms. The largest absolute Gasteiger partial charge is 0.389 e. The van der Waals surface area contributed by atoms with Crippen LogP contribution in [0.15, 0.2) is 18.2 Å². The third kappa shape index (κ3) is 3.90. The Hall–Kier alpha value is -0.940. The lowest BCUT2D eigenvalue weighted by molar-refractivity contribution is 0.687. The fourth-order valence-corrected chi connectivity index (χ4v) is 2.01. The van der Waals surface area contributed by atoms with Gasteiger partial charge >= 0.3 is 0 Å². The maximum absolute atomic E-state index is 10.9. The number of hydrogen-bond acceptors (Lipinski definition) is 3. The molecule has 0 saturated heterocycles. The van der Waals surface area contributed by atoms with Crippen molar-refractivity contribution in [3.05, 3.63) is 29.3 Å². The molecule has 0 radical (unpaired) electrons. The van der Waals surface area contributed by atoms with Crippen molar-refractivity contribution in [1.29, 1.82) is 0 Å². The van der Waals surface area contributed by atoms with Gasteiger partial charge in [0, 0.05) is 40.6 Å². The number of anilines is 1. The highest BCUT2D eigenvalue weighted by atomic mass is 32.2. The van der Waals surface area contributed by atoms with Gasteiger partial charge in [0.05, 0.1) is 0 Å². The van der Waals surface area contributed by atoms with Crippen molar-refractivity contribution in [3.63, 3.8) is 0 Å². The van der Waals surface area contributed by atoms with Crippen molar-refractivity contribution in [2.45, 2.75) is 6.92 Å². The molecule has 0 saturated carbocycles. The summed E-state index contributed by atoms with van der Waals surface area (Å²) >= 11 is 4.93. The Labute approximate surface area is 104 Å². The normalized spacial score (nSPS) is 12.1. The molecule has 1 unspecified atom stereocenters. The molecule has 0 aliphatic heterocycles. The lowest BCUT2D eigenvalue weighted by atomic mass is 10.1. The van der Waals surface area contributed by atoms with Gasteiger partial charge in [0.2, 0.25) is 0 Å². The van der Waals surface area contributed by atoms with Gasteiger partial charge in [-0.15, -0.1) is 0 Å². The smallest absolute Gasteiger partial charge is 0.104 e. The monoisotopic (exact) mass is 256 g/mol. The molecule has 3 N–H and O–H groups in total. The van der Waals surface area contributed by atoms with E-state index in [1.165, 1.54) is 0 Å². The quantitative estimate of drug-likeness (QED) is 0.782. The highest BCUT2D eigenvalue weighted by molar-refractivity contribution is 7.84. The zero-order chi connectivity index (χ0) is 12.1. The molecule has 1 atom stereocenters. The summed E-state index contributed by atoms with van der Waals surface area (Å²) in [5.74, 6) is 0.649. The van der Waals surface area contributed by atoms with Crippen LogP contribution in [0.5, 0.6) is 0 Å². The number of hydrogen-bond donors (Lipinski definition) is 2. The first-order valence-electron chi connectivity index (χ1n) is 4.95. The summed E-state index contributed by atoms with van der Waals surface area (Å²) in [4.78, 5) is 0.415. The van der Waals surface area contributed by atoms with Gasteiger partial charge in [-0.3, -0.25) is 4.21 Å². The van der Waals surface area contributed by atoms with E-state index in [9.17, 15) is 4.21 Å². The SMILES string of the molecule is Cc1cc(NCCS(C)=O)ccc1C(N)=S. The van der Waals surface area contributed by atoms with E-state index in [1.807, 2.05) is 25.1 Å². The summed E-state index contributed by atoms with van der Waals surface area (Å²) in [7, 11) is -0.760. The summed E-state index contributed by atoms with van der Waals surface area (Å²) in [5.41, 5.74) is 8.53. The zero-order valence-electron chi connectivity index (χ0n) is 9.45. The maximum Gasteiger partial charge on any atom is 0.104 e. The summed E-state index contributed by atoms with van der Waals surface area (Å²) in [5, 5.41) is 3.21. The predicted molar refractivity (Wildman–Crippen MR) is 74.5 cm³/mol. The Bertz CT molecular complexity index is 418. The first-order chi connectivity index (χ1) is 7.50. The standard InChI is InChI=1S/C11H16N2OS2/c1-8-7-9(13-5-6-16(2)14)3-4-10(8)11(12)15/h3-4,7,13H,5-6H2,1-2H3,(H2,12,15). The summed E-state index contributed by atoms with van der Waals surface area (Å²) < 4.78 is 10.9. The molecule has 0 amide bonds. The van der Waals surface area contributed by atoms with Crippen molar-refractivity contribution in [2.75, 3.05) is 23.9 Å². The molecule has 16 heavy (non-hydrogen) atoms. The minimum absolute atomic E-state index is 0.415. The molecule has 1 aromatic carbocycles. The van der Waals surface area contributed by atoms with E-state index in [2.05, 4.69) is 5.32 Å². The zero-order valence-corrected chi connectivity index (χ0v) is 11.1. The van der Waals surface area contributed by atoms with Gasteiger partial charge in [-0.2, -0.15) is 0 Å². The fourth-order valence-electron chi connectivity index (χ4n) is 1.39. The number of nitrogens with two attached hydrogens (primary N) is 1. The average Bonchev–Trinajstić information content (AvgIpc) is 2.16. The molecular weight excluding hydrogens is 240 g/mol. The van der Waals surface area contributed by atoms with Crippen LogP contribution in [-0.2, 0) is 10.8 Å². The molecule has 0 fully saturated rings. The highest BCUT2D eigenvalue weighted by Crippen LogP contribution is 2.14. The first-order valence-corrected chi connectivity index (χ1v) is 7.08. The number of thiocarbonyl (C=S) groups is 1. The summed E-state index contributed by atoms with van der Waals surface area (Å²) in [6.07, 6.45) is 1.70. The molecule has 0 aliphatic rings. The van der Waals surface area contributed by atoms with E-state index in [0.717, 1.165) is 16.8 Å². The first kappa shape index (κ1) is 13.1. The number of rotatable bonds is 5. The van der Waals surface area contributed by atoms with Crippen LogP contribution in [0, 0.1) is 6.92 Å². The van der Waals surface area contributed by atoms with Gasteiger partial charge in [-0.05, 0) is 30.7 Å². The molecule has 88 valence electrons. The Kier molecular flexibility index (Phi) is 4.89. The highest BCUT2D eigenvalue weighted by Gasteiger charge is 2.02. The van der Waals surface area contributed by atoms with Crippen molar-refractivity contribution >= 4 is 33.7 Å². The number of nitrogens with one attached hydrogen (secondary N) is 1. The molecule has 1 rings (SSSR count). The topological polar surface area (TPSA) is 55.1 Å². The van der Waals surface area contributed by atoms with Gasteiger partial charge in [-0.25, -0.2) is 0 Å². The van der Waals surface area contributed by atoms with Crippen LogP contribution < -0.4 is 11.1 Å². The molecule has 5 heteroatoms. The van der Waals surface area contributed by atoms with Crippen molar-refractivity contribution in [1.82, 2.24) is 0 Å². The van der Waals surface area contributed by atoms with E-state index in [-0.39, 0.29) is 0 Å². The summed E-state index contributed by atoms with van der Waals surface area (Å²) in [6.45, 7) is 2.67. The fraction of sp³-hybridized carbons (Fsp3) is 0.364. The van der Waals surface area contributed by atoms with Gasteiger partial charge in [0.25, 0.3) is 0 Å². The van der Waals surface area contributed by atoms with Crippen molar-refractivity contribution in [2.24, 2.45) is 5.73 Å². The molecule has 0 aliphatic carbocycles. The Balaban J connectivity index is 2.66. The van der Waals surface area contributed by atoms with Crippen LogP contribution >= 0.6 is 12.2 Å². The van der Waals surface area contributed by atoms with E-state index >= 15 is 0 Å². The minimum Gasteiger partial charge on any atom is -0.389 e. The van der Waals surface area contributed by atoms with Gasteiger partial charge in [0.1, 0.15) is 4.99 Å². The van der Waals surface area contributed by atoms with Gasteiger partial charge in [0.15, 0.2) is 0 Å². The molecule has 0 bridgehead atoms. The van der Waals surface area contributed by atoms with Crippen molar-refractivity contribution in [3.8, 4) is 0 Å². The second kappa shape index (κ2) is 5.96. The molecule has 1 aromatic rings. The van der Waals surface area contributed by atoms with Crippen LogP contribution in [0.1, 0.15) is 11.1 Å². The van der Waals surface area contributed by atoms with Crippen molar-refractivity contribution < 1.29 is 4.21 Å². The second-order valence-corrected chi connectivity index (χ2v) is 5.59. The number of aryl methyl sites for hydroxylation is 1. The average molecular weight is 256 g/mol. The van der Waals surface area contributed by atoms with Crippen LogP contribution in [0.4, 0.5) is 5.69 Å². The number of benzene rings is 1. The molecule has 0 aromatic heterocycles. The molecule has 3 nitrogen and oxygen atoms in total. The third-order valence-electron chi connectivity index (χ3n) is 2.21. The Morgan fingerprint density at radius 1 is 1.56 bits per heavy atom. The maximum atomic E-state index is 10.9. The van der Waals surface area contributed by atoms with E-state index < -0.39 is 10.8 Å². The van der Waals surface area contributed by atoms with E-state index in [0.29, 0.717) is 17.3 Å². The van der Waals surface area contributed by atoms with Crippen LogP contribution in [0.2, 0.25) is 0 Å². The van der Waals surface area contributed by atoms with Gasteiger partial charge in [-0.1, -0.05) is 12.2 Å². The second-order valence-electron chi connectivity index (χ2n) is 3.60. The van der Waals surface area contributed by atoms with Gasteiger partial charge < -0.3 is 11.1 Å². The third-order valence-corrected chi connectivity index (χ3v) is 3.21. The lowest BCUT2D eigenvalue weighted by Crippen LogP contribution is -2.13. The Morgan fingerprint density at radius 3 is 2.75 bits per heavy atom. The molecular formula is C11H16N2OS2. The van der Waals surface area contributed by atoms with Crippen LogP contribution in [0.3, 0.4) is 0 Å². The Morgan fingerprint density at radius 2 is 2.25 bits per heavy atom. The van der Waals surface area contributed by atoms with Crippen LogP contribution in [0.25, 0.3) is 0 Å². The lowest BCUT2D eigenvalue weighted by Gasteiger charge is -2.09. The van der Waals surface area contributed by atoms with E-state index in [1.54, 1.807) is 6.26 Å². The minimum atomic E-state index is -0.760. The van der Waals surface area contributed by atoms with E-state index in [4.69, 9.17) is 18.0 Å².